The second-order valence-corrected chi connectivity index (χ2v) is 8.26. The Kier molecular flexibility index (Phi) is 5.07. The Morgan fingerprint density at radius 1 is 1.39 bits per heavy atom. The maximum Gasteiger partial charge on any atom is 0.257 e. The monoisotopic (exact) mass is 344 g/mol. The molecule has 0 bridgehead atoms. The molecule has 8 heteroatoms. The van der Waals surface area contributed by atoms with Crippen molar-refractivity contribution >= 4 is 15.9 Å². The number of sulfonamides is 1. The zero-order valence-corrected chi connectivity index (χ0v) is 14.2. The number of likely N-dealkylation sites (tertiary alicyclic amines) is 1. The molecule has 2 rings (SSSR count). The molecule has 1 aromatic rings. The highest BCUT2D eigenvalue weighted by Gasteiger charge is 2.38. The fraction of sp³-hybridized carbons (Fsp3) is 0.533. The fourth-order valence-corrected chi connectivity index (χ4v) is 3.83. The zero-order valence-electron chi connectivity index (χ0n) is 13.4. The van der Waals surface area contributed by atoms with Crippen molar-refractivity contribution in [2.45, 2.75) is 13.0 Å². The highest BCUT2D eigenvalue weighted by atomic mass is 32.2. The predicted octanol–water partition coefficient (Wildman–Crippen LogP) is 0.458. The Balaban J connectivity index is 2.17. The lowest BCUT2D eigenvalue weighted by atomic mass is 10.1. The molecule has 0 aromatic heterocycles. The summed E-state index contributed by atoms with van der Waals surface area (Å²) in [4.78, 5) is 13.8. The Hall–Kier alpha value is -1.51. The molecule has 1 fully saturated rings. The maximum atomic E-state index is 13.9. The maximum absolute atomic E-state index is 13.9. The number of aryl methyl sites for hydroxylation is 1. The summed E-state index contributed by atoms with van der Waals surface area (Å²) in [5.41, 5.74) is 0.477. The van der Waals surface area contributed by atoms with Gasteiger partial charge in [-0.2, -0.15) is 0 Å². The van der Waals surface area contributed by atoms with E-state index in [1.807, 2.05) is 0 Å². The van der Waals surface area contributed by atoms with Crippen LogP contribution in [-0.4, -0.2) is 67.7 Å². The molecule has 1 heterocycles. The molecule has 0 aliphatic carbocycles. The lowest BCUT2D eigenvalue weighted by Gasteiger charge is -2.19. The summed E-state index contributed by atoms with van der Waals surface area (Å²) in [7, 11) is -0.645. The van der Waals surface area contributed by atoms with Gasteiger partial charge in [0.05, 0.1) is 17.4 Å². The van der Waals surface area contributed by atoms with Gasteiger partial charge in [0.15, 0.2) is 0 Å². The van der Waals surface area contributed by atoms with E-state index in [-0.39, 0.29) is 24.4 Å². The third-order valence-electron chi connectivity index (χ3n) is 4.11. The quantitative estimate of drug-likeness (QED) is 0.861. The van der Waals surface area contributed by atoms with Crippen LogP contribution in [0.25, 0.3) is 0 Å². The van der Waals surface area contributed by atoms with Gasteiger partial charge in [0, 0.05) is 33.1 Å². The standard InChI is InChI=1S/C15H21FN2O4S/c1-10-5-4-6-12(16)14(10)15(20)18-7-11(13(19)8-18)9-23(21,22)17(2)3/h4-6,11,13,19H,7-9H2,1-3H3/t11-,13+/m0/s1. The van der Waals surface area contributed by atoms with E-state index in [1.54, 1.807) is 13.0 Å². The number of carbonyl (C=O) groups is 1. The van der Waals surface area contributed by atoms with Gasteiger partial charge in [-0.1, -0.05) is 12.1 Å². The average Bonchev–Trinajstić information content (AvgIpc) is 2.79. The molecular formula is C15H21FN2O4S. The van der Waals surface area contributed by atoms with Crippen LogP contribution in [0.3, 0.4) is 0 Å². The first-order chi connectivity index (χ1) is 10.6. The molecule has 0 radical (unpaired) electrons. The highest BCUT2D eigenvalue weighted by Crippen LogP contribution is 2.23. The van der Waals surface area contributed by atoms with Gasteiger partial charge >= 0.3 is 0 Å². The van der Waals surface area contributed by atoms with Crippen LogP contribution >= 0.6 is 0 Å². The van der Waals surface area contributed by atoms with E-state index in [4.69, 9.17) is 0 Å². The Bertz CT molecular complexity index is 685. The normalized spacial score (nSPS) is 21.9. The van der Waals surface area contributed by atoms with Gasteiger partial charge in [0.2, 0.25) is 10.0 Å². The van der Waals surface area contributed by atoms with Gasteiger partial charge in [0.1, 0.15) is 5.82 Å². The molecule has 128 valence electrons. The average molecular weight is 344 g/mol. The van der Waals surface area contributed by atoms with Crippen molar-refractivity contribution in [3.05, 3.63) is 35.1 Å². The van der Waals surface area contributed by atoms with Crippen LogP contribution in [-0.2, 0) is 10.0 Å². The topological polar surface area (TPSA) is 77.9 Å². The molecule has 0 spiro atoms. The van der Waals surface area contributed by atoms with Crippen LogP contribution in [0.2, 0.25) is 0 Å². The van der Waals surface area contributed by atoms with Gasteiger partial charge in [0.25, 0.3) is 5.91 Å². The van der Waals surface area contributed by atoms with Crippen molar-refractivity contribution in [1.29, 1.82) is 0 Å². The summed E-state index contributed by atoms with van der Waals surface area (Å²) >= 11 is 0. The number of benzene rings is 1. The van der Waals surface area contributed by atoms with Gasteiger partial charge < -0.3 is 10.0 Å². The Morgan fingerprint density at radius 3 is 2.61 bits per heavy atom. The van der Waals surface area contributed by atoms with Crippen molar-refractivity contribution in [2.75, 3.05) is 32.9 Å². The number of halogens is 1. The first kappa shape index (κ1) is 17.8. The molecule has 1 aliphatic heterocycles. The minimum absolute atomic E-state index is 0.000221. The smallest absolute Gasteiger partial charge is 0.257 e. The Labute approximate surface area is 135 Å². The predicted molar refractivity (Wildman–Crippen MR) is 84.0 cm³/mol. The molecule has 23 heavy (non-hydrogen) atoms. The number of aliphatic hydroxyl groups is 1. The highest BCUT2D eigenvalue weighted by molar-refractivity contribution is 7.89. The van der Waals surface area contributed by atoms with Crippen LogP contribution in [0.5, 0.6) is 0 Å². The SMILES string of the molecule is Cc1cccc(F)c1C(=O)N1C[C@@H](CS(=O)(=O)N(C)C)[C@H](O)C1. The van der Waals surface area contributed by atoms with Crippen LogP contribution < -0.4 is 0 Å². The number of β-amino-alcohol motifs (C(OH)–C–C–N with tert-alkyl or cyclic N) is 1. The molecule has 1 saturated heterocycles. The van der Waals surface area contributed by atoms with Crippen LogP contribution in [0.4, 0.5) is 4.39 Å². The van der Waals surface area contributed by atoms with E-state index in [1.165, 1.54) is 31.1 Å². The molecular weight excluding hydrogens is 323 g/mol. The second kappa shape index (κ2) is 6.54. The summed E-state index contributed by atoms with van der Waals surface area (Å²) in [6.45, 7) is 1.72. The number of nitrogens with zero attached hydrogens (tertiary/aromatic N) is 2. The van der Waals surface area contributed by atoms with E-state index >= 15 is 0 Å². The third kappa shape index (κ3) is 3.70. The molecule has 0 saturated carbocycles. The fourth-order valence-electron chi connectivity index (χ4n) is 2.66. The third-order valence-corrected chi connectivity index (χ3v) is 6.07. The molecule has 1 amide bonds. The number of carbonyl (C=O) groups excluding carboxylic acids is 1. The van der Waals surface area contributed by atoms with E-state index in [2.05, 4.69) is 0 Å². The van der Waals surface area contributed by atoms with Crippen LogP contribution in [0, 0.1) is 18.7 Å². The molecule has 2 atom stereocenters. The van der Waals surface area contributed by atoms with E-state index in [0.717, 1.165) is 4.31 Å². The summed E-state index contributed by atoms with van der Waals surface area (Å²) in [5, 5.41) is 10.1. The number of hydrogen-bond donors (Lipinski definition) is 1. The second-order valence-electron chi connectivity index (χ2n) is 6.03. The van der Waals surface area contributed by atoms with E-state index < -0.39 is 33.8 Å². The first-order valence-corrected chi connectivity index (χ1v) is 8.87. The van der Waals surface area contributed by atoms with Gasteiger partial charge in [-0.25, -0.2) is 17.1 Å². The summed E-state index contributed by atoms with van der Waals surface area (Å²) in [5.74, 6) is -1.97. The van der Waals surface area contributed by atoms with Crippen molar-refractivity contribution in [1.82, 2.24) is 9.21 Å². The van der Waals surface area contributed by atoms with Crippen molar-refractivity contribution in [3.8, 4) is 0 Å². The lowest BCUT2D eigenvalue weighted by molar-refractivity contribution is 0.0759. The summed E-state index contributed by atoms with van der Waals surface area (Å²) in [6.07, 6.45) is -0.944. The van der Waals surface area contributed by atoms with Crippen molar-refractivity contribution < 1.29 is 22.7 Å². The van der Waals surface area contributed by atoms with Gasteiger partial charge in [-0.3, -0.25) is 4.79 Å². The molecule has 1 aromatic carbocycles. The number of aliphatic hydroxyl groups excluding tert-OH is 1. The van der Waals surface area contributed by atoms with Crippen LogP contribution in [0.1, 0.15) is 15.9 Å². The van der Waals surface area contributed by atoms with Crippen molar-refractivity contribution in [3.63, 3.8) is 0 Å². The van der Waals surface area contributed by atoms with E-state index in [0.29, 0.717) is 5.56 Å². The first-order valence-electron chi connectivity index (χ1n) is 7.26. The van der Waals surface area contributed by atoms with E-state index in [9.17, 15) is 22.7 Å². The number of amides is 1. The molecule has 6 nitrogen and oxygen atoms in total. The Morgan fingerprint density at radius 2 is 2.04 bits per heavy atom. The largest absolute Gasteiger partial charge is 0.391 e. The summed E-state index contributed by atoms with van der Waals surface area (Å²) in [6, 6.07) is 4.37. The minimum atomic E-state index is -3.48. The molecule has 1 N–H and O–H groups in total. The van der Waals surface area contributed by atoms with Crippen molar-refractivity contribution in [2.24, 2.45) is 5.92 Å². The van der Waals surface area contributed by atoms with Gasteiger partial charge in [-0.05, 0) is 18.6 Å². The van der Waals surface area contributed by atoms with Gasteiger partial charge in [-0.15, -0.1) is 0 Å². The number of rotatable bonds is 4. The molecule has 0 unspecified atom stereocenters. The van der Waals surface area contributed by atoms with Crippen LogP contribution in [0.15, 0.2) is 18.2 Å². The summed E-state index contributed by atoms with van der Waals surface area (Å²) < 4.78 is 38.9. The molecule has 1 aliphatic rings. The zero-order chi connectivity index (χ0) is 17.4. The lowest BCUT2D eigenvalue weighted by Crippen LogP contribution is -2.34. The number of hydrogen-bond acceptors (Lipinski definition) is 4. The minimum Gasteiger partial charge on any atom is -0.391 e.